The number of rotatable bonds is 4. The molecule has 8 heteroatoms. The minimum Gasteiger partial charge on any atom is -0.480 e. The summed E-state index contributed by atoms with van der Waals surface area (Å²) < 4.78 is 5.03. The lowest BCUT2D eigenvalue weighted by Crippen LogP contribution is -2.49. The number of hydrogen-bond acceptors (Lipinski definition) is 6. The third kappa shape index (κ3) is 4.35. The smallest absolute Gasteiger partial charge is 0.255 e. The van der Waals surface area contributed by atoms with Crippen molar-refractivity contribution in [2.24, 2.45) is 0 Å². The molecular weight excluding hydrogens is 360 g/mol. The maximum atomic E-state index is 12.8. The predicted molar refractivity (Wildman–Crippen MR) is 102 cm³/mol. The number of piperazine rings is 1. The van der Waals surface area contributed by atoms with Crippen molar-refractivity contribution >= 4 is 35.9 Å². The van der Waals surface area contributed by atoms with Crippen LogP contribution in [0.5, 0.6) is 5.88 Å². The fourth-order valence-corrected chi connectivity index (χ4v) is 3.31. The van der Waals surface area contributed by atoms with Crippen molar-refractivity contribution in [3.8, 4) is 5.88 Å². The molecule has 6 nitrogen and oxygen atoms in total. The number of ether oxygens (including phenoxy) is 1. The number of methoxy groups -OCH3 is 1. The van der Waals surface area contributed by atoms with Gasteiger partial charge in [-0.25, -0.2) is 0 Å². The van der Waals surface area contributed by atoms with Crippen molar-refractivity contribution in [1.82, 2.24) is 15.1 Å². The van der Waals surface area contributed by atoms with Crippen LogP contribution < -0.4 is 9.64 Å². The van der Waals surface area contributed by atoms with E-state index in [-0.39, 0.29) is 18.3 Å². The molecule has 0 spiro atoms. The number of nitrogens with zero attached hydrogens (tertiary/aromatic N) is 4. The van der Waals surface area contributed by atoms with E-state index in [4.69, 9.17) is 4.74 Å². The van der Waals surface area contributed by atoms with Crippen LogP contribution in [0.4, 0.5) is 5.82 Å². The second kappa shape index (κ2) is 8.92. The number of thioether (sulfide) groups is 1. The van der Waals surface area contributed by atoms with Crippen LogP contribution in [0.15, 0.2) is 41.3 Å². The Hall–Kier alpha value is -1.99. The van der Waals surface area contributed by atoms with Gasteiger partial charge in [-0.1, -0.05) is 12.1 Å². The first-order chi connectivity index (χ1) is 11.7. The Kier molecular flexibility index (Phi) is 6.90. The molecule has 0 N–H and O–H groups in total. The quantitative estimate of drug-likeness (QED) is 0.760. The lowest BCUT2D eigenvalue weighted by molar-refractivity contribution is 0.0743. The second-order valence-corrected chi connectivity index (χ2v) is 6.26. The summed E-state index contributed by atoms with van der Waals surface area (Å²) in [5.41, 5.74) is 0.780. The van der Waals surface area contributed by atoms with Crippen molar-refractivity contribution in [1.29, 1.82) is 0 Å². The van der Waals surface area contributed by atoms with Crippen LogP contribution in [0.25, 0.3) is 0 Å². The van der Waals surface area contributed by atoms with Crippen LogP contribution in [0.2, 0.25) is 0 Å². The second-order valence-electron chi connectivity index (χ2n) is 5.41. The summed E-state index contributed by atoms with van der Waals surface area (Å²) in [6.45, 7) is 2.84. The van der Waals surface area contributed by atoms with E-state index in [2.05, 4.69) is 15.1 Å². The van der Waals surface area contributed by atoms with Gasteiger partial charge in [-0.15, -0.1) is 34.4 Å². The molecule has 1 aliphatic rings. The summed E-state index contributed by atoms with van der Waals surface area (Å²) in [6.07, 6.45) is 1.99. The summed E-state index contributed by atoms with van der Waals surface area (Å²) in [5.74, 6) is 1.41. The normalized spacial score (nSPS) is 14.0. The van der Waals surface area contributed by atoms with Crippen LogP contribution in [0, 0.1) is 0 Å². The summed E-state index contributed by atoms with van der Waals surface area (Å²) in [7, 11) is 1.57. The van der Waals surface area contributed by atoms with Gasteiger partial charge in [0.05, 0.1) is 12.7 Å². The largest absolute Gasteiger partial charge is 0.480 e. The van der Waals surface area contributed by atoms with E-state index in [1.165, 1.54) is 0 Å². The topological polar surface area (TPSA) is 58.6 Å². The Labute approximate surface area is 158 Å². The lowest BCUT2D eigenvalue weighted by Gasteiger charge is -2.35. The van der Waals surface area contributed by atoms with Crippen LogP contribution in [0.1, 0.15) is 10.4 Å². The molecule has 3 rings (SSSR count). The zero-order valence-electron chi connectivity index (χ0n) is 14.2. The van der Waals surface area contributed by atoms with Crippen molar-refractivity contribution in [3.05, 3.63) is 42.0 Å². The maximum absolute atomic E-state index is 12.8. The zero-order chi connectivity index (χ0) is 16.9. The summed E-state index contributed by atoms with van der Waals surface area (Å²) >= 11 is 1.60. The van der Waals surface area contributed by atoms with Gasteiger partial charge in [0.25, 0.3) is 5.91 Å². The van der Waals surface area contributed by atoms with Crippen molar-refractivity contribution in [2.75, 3.05) is 44.4 Å². The first-order valence-electron chi connectivity index (χ1n) is 7.78. The Morgan fingerprint density at radius 3 is 2.40 bits per heavy atom. The molecule has 0 bridgehead atoms. The van der Waals surface area contributed by atoms with E-state index in [1.807, 2.05) is 41.5 Å². The number of hydrogen-bond donors (Lipinski definition) is 0. The third-order valence-corrected chi connectivity index (χ3v) is 4.86. The minimum absolute atomic E-state index is 0. The van der Waals surface area contributed by atoms with Gasteiger partial charge in [0, 0.05) is 37.1 Å². The van der Waals surface area contributed by atoms with Crippen LogP contribution in [-0.2, 0) is 0 Å². The molecule has 1 aromatic heterocycles. The van der Waals surface area contributed by atoms with Gasteiger partial charge in [0.2, 0.25) is 5.88 Å². The van der Waals surface area contributed by atoms with Crippen molar-refractivity contribution in [3.63, 3.8) is 0 Å². The molecule has 0 radical (unpaired) electrons. The Morgan fingerprint density at radius 2 is 1.80 bits per heavy atom. The van der Waals surface area contributed by atoms with E-state index >= 15 is 0 Å². The fourth-order valence-electron chi connectivity index (χ4n) is 2.72. The SMILES string of the molecule is COc1ccc(N2CCN(C(=O)c3ccccc3SC)CC2)nn1.Cl. The van der Waals surface area contributed by atoms with Gasteiger partial charge in [-0.2, -0.15) is 0 Å². The number of aromatic nitrogens is 2. The molecule has 0 aliphatic carbocycles. The number of amides is 1. The summed E-state index contributed by atoms with van der Waals surface area (Å²) in [4.78, 5) is 17.8. The van der Waals surface area contributed by atoms with Gasteiger partial charge in [0.15, 0.2) is 5.82 Å². The molecule has 1 aliphatic heterocycles. The molecule has 0 saturated carbocycles. The van der Waals surface area contributed by atoms with Crippen LogP contribution >= 0.6 is 24.2 Å². The number of carbonyl (C=O) groups is 1. The minimum atomic E-state index is 0. The first kappa shape index (κ1) is 19.3. The number of anilines is 1. The average Bonchev–Trinajstić information content (AvgIpc) is 2.67. The monoisotopic (exact) mass is 380 g/mol. The van der Waals surface area contributed by atoms with Crippen LogP contribution in [-0.4, -0.2) is 60.5 Å². The highest BCUT2D eigenvalue weighted by Crippen LogP contribution is 2.22. The van der Waals surface area contributed by atoms with E-state index in [9.17, 15) is 4.79 Å². The van der Waals surface area contributed by atoms with Crippen LogP contribution in [0.3, 0.4) is 0 Å². The molecule has 25 heavy (non-hydrogen) atoms. The molecule has 134 valence electrons. The van der Waals surface area contributed by atoms with Gasteiger partial charge in [0.1, 0.15) is 0 Å². The molecule has 1 aromatic carbocycles. The summed E-state index contributed by atoms with van der Waals surface area (Å²) in [5, 5.41) is 8.17. The zero-order valence-corrected chi connectivity index (χ0v) is 15.8. The molecule has 2 heterocycles. The van der Waals surface area contributed by atoms with E-state index < -0.39 is 0 Å². The van der Waals surface area contributed by atoms with Crippen molar-refractivity contribution in [2.45, 2.75) is 4.90 Å². The highest BCUT2D eigenvalue weighted by atomic mass is 35.5. The third-order valence-electron chi connectivity index (χ3n) is 4.06. The molecule has 0 unspecified atom stereocenters. The Bertz CT molecular complexity index is 706. The molecule has 1 fully saturated rings. The average molecular weight is 381 g/mol. The van der Waals surface area contributed by atoms with E-state index in [1.54, 1.807) is 24.9 Å². The number of halogens is 1. The maximum Gasteiger partial charge on any atom is 0.255 e. The van der Waals surface area contributed by atoms with Crippen molar-refractivity contribution < 1.29 is 9.53 Å². The molecule has 0 atom stereocenters. The van der Waals surface area contributed by atoms with Gasteiger partial charge >= 0.3 is 0 Å². The fraction of sp³-hybridized carbons (Fsp3) is 0.353. The Balaban J connectivity index is 0.00000225. The molecule has 1 saturated heterocycles. The lowest BCUT2D eigenvalue weighted by atomic mass is 10.2. The highest BCUT2D eigenvalue weighted by molar-refractivity contribution is 7.98. The molecule has 1 amide bonds. The summed E-state index contributed by atoms with van der Waals surface area (Å²) in [6, 6.07) is 11.5. The predicted octanol–water partition coefficient (Wildman–Crippen LogP) is 2.59. The standard InChI is InChI=1S/C17H20N4O2S.ClH/c1-23-16-8-7-15(18-19-16)20-9-11-21(12-10-20)17(22)13-5-3-4-6-14(13)24-2;/h3-8H,9-12H2,1-2H3;1H. The first-order valence-corrected chi connectivity index (χ1v) is 9.00. The molecular formula is C17H21ClN4O2S. The van der Waals surface area contributed by atoms with Gasteiger partial charge < -0.3 is 14.5 Å². The van der Waals surface area contributed by atoms with Gasteiger partial charge in [-0.05, 0) is 24.5 Å². The van der Waals surface area contributed by atoms with E-state index in [0.717, 1.165) is 29.4 Å². The molecule has 2 aromatic rings. The highest BCUT2D eigenvalue weighted by Gasteiger charge is 2.24. The number of benzene rings is 1. The number of carbonyl (C=O) groups excluding carboxylic acids is 1. The Morgan fingerprint density at radius 1 is 1.08 bits per heavy atom. The van der Waals surface area contributed by atoms with E-state index in [0.29, 0.717) is 19.0 Å². The van der Waals surface area contributed by atoms with Gasteiger partial charge in [-0.3, -0.25) is 4.79 Å².